The fraction of sp³-hybridized carbons (Fsp3) is 0.692. The van der Waals surface area contributed by atoms with Gasteiger partial charge in [0.25, 0.3) is 0 Å². The third kappa shape index (κ3) is 2.88. The summed E-state index contributed by atoms with van der Waals surface area (Å²) >= 11 is 1.72. The van der Waals surface area contributed by atoms with Crippen LogP contribution in [0.25, 0.3) is 0 Å². The van der Waals surface area contributed by atoms with Crippen LogP contribution in [-0.2, 0) is 0 Å². The van der Waals surface area contributed by atoms with Gasteiger partial charge in [-0.1, -0.05) is 6.92 Å². The lowest BCUT2D eigenvalue weighted by molar-refractivity contribution is 0.0127. The van der Waals surface area contributed by atoms with Gasteiger partial charge >= 0.3 is 0 Å². The molecule has 3 nitrogen and oxygen atoms in total. The minimum atomic E-state index is -0.151. The molecule has 1 aliphatic heterocycles. The van der Waals surface area contributed by atoms with Gasteiger partial charge in [0, 0.05) is 19.1 Å². The van der Waals surface area contributed by atoms with Gasteiger partial charge in [-0.15, -0.1) is 0 Å². The van der Waals surface area contributed by atoms with Crippen LogP contribution in [0.5, 0.6) is 0 Å². The summed E-state index contributed by atoms with van der Waals surface area (Å²) < 4.78 is 0. The Bertz CT molecular complexity index is 339. The third-order valence-electron chi connectivity index (χ3n) is 3.67. The number of nitrogens with zero attached hydrogens (tertiary/aromatic N) is 1. The molecule has 96 valence electrons. The Morgan fingerprint density at radius 1 is 1.59 bits per heavy atom. The Kier molecular flexibility index (Phi) is 4.20. The van der Waals surface area contributed by atoms with Gasteiger partial charge in [-0.25, -0.2) is 0 Å². The molecular weight excluding hydrogens is 232 g/mol. The first-order valence-corrected chi connectivity index (χ1v) is 7.23. The quantitative estimate of drug-likeness (QED) is 0.865. The largest absolute Gasteiger partial charge is 0.393 e. The number of piperidine rings is 1. The molecule has 0 spiro atoms. The lowest BCUT2D eigenvalue weighted by Crippen LogP contribution is -2.47. The second kappa shape index (κ2) is 5.48. The highest BCUT2D eigenvalue weighted by Crippen LogP contribution is 2.30. The van der Waals surface area contributed by atoms with E-state index >= 15 is 0 Å². The van der Waals surface area contributed by atoms with Crippen LogP contribution < -0.4 is 5.73 Å². The molecule has 17 heavy (non-hydrogen) atoms. The van der Waals surface area contributed by atoms with Gasteiger partial charge < -0.3 is 10.8 Å². The van der Waals surface area contributed by atoms with Crippen molar-refractivity contribution >= 4 is 11.3 Å². The predicted octanol–water partition coefficient (Wildman–Crippen LogP) is 1.84. The van der Waals surface area contributed by atoms with Crippen LogP contribution in [-0.4, -0.2) is 35.2 Å². The maximum absolute atomic E-state index is 9.79. The third-order valence-corrected chi connectivity index (χ3v) is 4.37. The molecule has 1 saturated heterocycles. The minimum absolute atomic E-state index is 0.118. The number of likely N-dealkylation sites (tertiary alicyclic amines) is 1. The molecule has 1 aromatic rings. The Labute approximate surface area is 107 Å². The van der Waals surface area contributed by atoms with Crippen molar-refractivity contribution in [3.63, 3.8) is 0 Å². The summed E-state index contributed by atoms with van der Waals surface area (Å²) in [4.78, 5) is 2.42. The Hall–Kier alpha value is -0.420. The molecule has 2 heterocycles. The molecule has 1 aromatic heterocycles. The van der Waals surface area contributed by atoms with Gasteiger partial charge in [0.15, 0.2) is 0 Å². The van der Waals surface area contributed by atoms with Crippen molar-refractivity contribution in [1.82, 2.24) is 4.90 Å². The summed E-state index contributed by atoms with van der Waals surface area (Å²) in [7, 11) is 0. The summed E-state index contributed by atoms with van der Waals surface area (Å²) in [5.74, 6) is 0.337. The fourth-order valence-corrected chi connectivity index (χ4v) is 3.40. The number of hydrogen-bond donors (Lipinski definition) is 2. The van der Waals surface area contributed by atoms with Crippen LogP contribution in [0, 0.1) is 5.92 Å². The second-order valence-electron chi connectivity index (χ2n) is 5.19. The molecule has 3 N–H and O–H groups in total. The highest BCUT2D eigenvalue weighted by molar-refractivity contribution is 7.07. The molecule has 1 aliphatic rings. The first-order valence-electron chi connectivity index (χ1n) is 6.29. The van der Waals surface area contributed by atoms with Crippen LogP contribution in [0.2, 0.25) is 0 Å². The normalized spacial score (nSPS) is 30.1. The van der Waals surface area contributed by atoms with Crippen molar-refractivity contribution in [3.05, 3.63) is 22.4 Å². The lowest BCUT2D eigenvalue weighted by atomic mass is 9.92. The maximum atomic E-state index is 9.79. The number of rotatable bonds is 3. The Morgan fingerprint density at radius 2 is 2.35 bits per heavy atom. The van der Waals surface area contributed by atoms with Crippen LogP contribution >= 0.6 is 11.3 Å². The van der Waals surface area contributed by atoms with E-state index in [4.69, 9.17) is 5.73 Å². The first kappa shape index (κ1) is 13.0. The SMILES string of the molecule is CC(N)C(c1ccsc1)N1CCC(O)C(C)C1. The monoisotopic (exact) mass is 254 g/mol. The number of nitrogens with two attached hydrogens (primary N) is 1. The van der Waals surface area contributed by atoms with E-state index in [9.17, 15) is 5.11 Å². The molecule has 4 atom stereocenters. The van der Waals surface area contributed by atoms with Gasteiger partial charge in [0.05, 0.1) is 12.1 Å². The number of thiophene rings is 1. The summed E-state index contributed by atoms with van der Waals surface area (Å²) in [5, 5.41) is 14.1. The number of hydrogen-bond acceptors (Lipinski definition) is 4. The molecule has 4 unspecified atom stereocenters. The minimum Gasteiger partial charge on any atom is -0.393 e. The van der Waals surface area contributed by atoms with E-state index in [-0.39, 0.29) is 18.2 Å². The van der Waals surface area contributed by atoms with Crippen LogP contribution in [0.4, 0.5) is 0 Å². The van der Waals surface area contributed by atoms with Crippen LogP contribution in [0.15, 0.2) is 16.8 Å². The molecule has 1 fully saturated rings. The standard InChI is InChI=1S/C13H22N2OS/c1-9-7-15(5-3-12(9)16)13(10(2)14)11-4-6-17-8-11/h4,6,8-10,12-13,16H,3,5,7,14H2,1-2H3. The van der Waals surface area contributed by atoms with E-state index in [1.807, 2.05) is 0 Å². The van der Waals surface area contributed by atoms with E-state index in [0.717, 1.165) is 19.5 Å². The Morgan fingerprint density at radius 3 is 2.88 bits per heavy atom. The van der Waals surface area contributed by atoms with Crippen molar-refractivity contribution in [3.8, 4) is 0 Å². The van der Waals surface area contributed by atoms with Crippen LogP contribution in [0.3, 0.4) is 0 Å². The lowest BCUT2D eigenvalue weighted by Gasteiger charge is -2.41. The molecule has 0 amide bonds. The van der Waals surface area contributed by atoms with Crippen LogP contribution in [0.1, 0.15) is 31.9 Å². The summed E-state index contributed by atoms with van der Waals surface area (Å²) in [5.41, 5.74) is 7.45. The van der Waals surface area contributed by atoms with E-state index in [2.05, 4.69) is 35.6 Å². The van der Waals surface area contributed by atoms with Crippen molar-refractivity contribution in [2.45, 2.75) is 38.5 Å². The summed E-state index contributed by atoms with van der Waals surface area (Å²) in [6.45, 7) is 6.05. The van der Waals surface area contributed by atoms with Gasteiger partial charge in [-0.3, -0.25) is 4.90 Å². The average molecular weight is 254 g/mol. The number of aliphatic hydroxyl groups excluding tert-OH is 1. The molecule has 2 rings (SSSR count). The molecule has 0 radical (unpaired) electrons. The summed E-state index contributed by atoms with van der Waals surface area (Å²) in [6.07, 6.45) is 0.705. The maximum Gasteiger partial charge on any atom is 0.0590 e. The van der Waals surface area contributed by atoms with Gasteiger partial charge in [0.2, 0.25) is 0 Å². The molecule has 0 aromatic carbocycles. The summed E-state index contributed by atoms with van der Waals surface area (Å²) in [6, 6.07) is 2.57. The topological polar surface area (TPSA) is 49.5 Å². The zero-order chi connectivity index (χ0) is 12.4. The first-order chi connectivity index (χ1) is 8.09. The van der Waals surface area contributed by atoms with E-state index in [1.54, 1.807) is 11.3 Å². The number of aliphatic hydroxyl groups is 1. The second-order valence-corrected chi connectivity index (χ2v) is 5.97. The molecule has 0 bridgehead atoms. The smallest absolute Gasteiger partial charge is 0.0590 e. The van der Waals surface area contributed by atoms with E-state index in [1.165, 1.54) is 5.56 Å². The van der Waals surface area contributed by atoms with Crippen molar-refractivity contribution in [2.75, 3.05) is 13.1 Å². The zero-order valence-electron chi connectivity index (χ0n) is 10.5. The molecule has 0 saturated carbocycles. The van der Waals surface area contributed by atoms with Gasteiger partial charge in [-0.2, -0.15) is 11.3 Å². The highest BCUT2D eigenvalue weighted by atomic mass is 32.1. The van der Waals surface area contributed by atoms with Crippen molar-refractivity contribution in [1.29, 1.82) is 0 Å². The molecule has 0 aliphatic carbocycles. The van der Waals surface area contributed by atoms with Crippen molar-refractivity contribution in [2.24, 2.45) is 11.7 Å². The fourth-order valence-electron chi connectivity index (χ4n) is 2.71. The Balaban J connectivity index is 2.12. The van der Waals surface area contributed by atoms with E-state index < -0.39 is 0 Å². The molecular formula is C13H22N2OS. The predicted molar refractivity (Wildman–Crippen MR) is 72.1 cm³/mol. The highest BCUT2D eigenvalue weighted by Gasteiger charge is 2.31. The average Bonchev–Trinajstić information content (AvgIpc) is 2.76. The van der Waals surface area contributed by atoms with E-state index in [0.29, 0.717) is 5.92 Å². The van der Waals surface area contributed by atoms with Gasteiger partial charge in [0.1, 0.15) is 0 Å². The zero-order valence-corrected chi connectivity index (χ0v) is 11.4. The van der Waals surface area contributed by atoms with Crippen molar-refractivity contribution < 1.29 is 5.11 Å². The molecule has 4 heteroatoms. The van der Waals surface area contributed by atoms with Gasteiger partial charge in [-0.05, 0) is 41.7 Å².